The van der Waals surface area contributed by atoms with E-state index in [1.807, 2.05) is 84.9 Å². The van der Waals surface area contributed by atoms with Crippen molar-refractivity contribution in [3.8, 4) is 0 Å². The highest BCUT2D eigenvalue weighted by atomic mass is 32.1. The van der Waals surface area contributed by atoms with Gasteiger partial charge < -0.3 is 9.42 Å². The van der Waals surface area contributed by atoms with E-state index in [9.17, 15) is 4.89 Å². The molecule has 0 aliphatic carbocycles. The molecule has 24 heavy (non-hydrogen) atoms. The smallest absolute Gasteiger partial charge is 0.251 e. The molecular weight excluding hydrogens is 337 g/mol. The molecule has 1 unspecified atom stereocenters. The molecule has 3 aromatic carbocycles. The van der Waals surface area contributed by atoms with E-state index in [-0.39, 0.29) is 0 Å². The third kappa shape index (κ3) is 3.39. The number of benzene rings is 3. The van der Waals surface area contributed by atoms with Crippen molar-refractivity contribution < 1.29 is 9.42 Å². The fourth-order valence-electron chi connectivity index (χ4n) is 2.84. The molecule has 5 heteroatoms. The summed E-state index contributed by atoms with van der Waals surface area (Å²) in [7, 11) is -2.09. The average molecular weight is 355 g/mol. The topological polar surface area (TPSA) is 55.5 Å². The van der Waals surface area contributed by atoms with E-state index in [0.29, 0.717) is 0 Å². The second kappa shape index (κ2) is 7.47. The van der Waals surface area contributed by atoms with Gasteiger partial charge in [-0.1, -0.05) is 72.8 Å². The largest absolute Gasteiger partial charge is 0.338 e. The lowest BCUT2D eigenvalue weighted by Gasteiger charge is -2.36. The molecule has 0 fully saturated rings. The maximum Gasteiger partial charge on any atom is 0.251 e. The molecule has 0 amide bonds. The van der Waals surface area contributed by atoms with Gasteiger partial charge in [-0.15, -0.1) is 12.6 Å². The van der Waals surface area contributed by atoms with Crippen LogP contribution < -0.4 is 5.50 Å². The predicted molar refractivity (Wildman–Crippen MR) is 101 cm³/mol. The molecule has 0 bridgehead atoms. The van der Waals surface area contributed by atoms with Crippen LogP contribution in [0.3, 0.4) is 0 Å². The van der Waals surface area contributed by atoms with Crippen LogP contribution in [-0.4, -0.2) is 4.89 Å². The highest BCUT2D eigenvalue weighted by Gasteiger charge is 2.39. The zero-order chi connectivity index (χ0) is 17.0. The molecule has 0 saturated heterocycles. The second-order valence-corrected chi connectivity index (χ2v) is 6.66. The minimum absolute atomic E-state index is 0.854. The Morgan fingerprint density at radius 3 is 1.58 bits per heavy atom. The monoisotopic (exact) mass is 355 g/mol. The summed E-state index contributed by atoms with van der Waals surface area (Å²) in [5, 5.41) is 0. The van der Waals surface area contributed by atoms with Crippen LogP contribution in [0.2, 0.25) is 0 Å². The van der Waals surface area contributed by atoms with Crippen LogP contribution in [0.5, 0.6) is 0 Å². The molecule has 0 aliphatic rings. The third-order valence-electron chi connectivity index (χ3n) is 3.86. The number of hydrogen-bond donors (Lipinski definition) is 3. The summed E-state index contributed by atoms with van der Waals surface area (Å²) in [6.07, 6.45) is 0. The lowest BCUT2D eigenvalue weighted by molar-refractivity contribution is 0.157. The second-order valence-electron chi connectivity index (χ2n) is 5.35. The summed E-state index contributed by atoms with van der Waals surface area (Å²) in [4.78, 5) is 10.8. The van der Waals surface area contributed by atoms with Gasteiger partial charge in [0.1, 0.15) is 0 Å². The average Bonchev–Trinajstić information content (AvgIpc) is 2.62. The lowest BCUT2D eigenvalue weighted by Crippen LogP contribution is -2.32. The molecule has 0 aromatic heterocycles. The Bertz CT molecular complexity index is 740. The molecule has 0 aliphatic heterocycles. The van der Waals surface area contributed by atoms with Crippen LogP contribution >= 0.6 is 21.2 Å². The molecule has 0 heterocycles. The summed E-state index contributed by atoms with van der Waals surface area (Å²) in [6, 6.07) is 27.2. The highest BCUT2D eigenvalue weighted by Crippen LogP contribution is 2.46. The van der Waals surface area contributed by atoms with Crippen molar-refractivity contribution in [1.82, 2.24) is 0 Å². The van der Waals surface area contributed by atoms with Crippen LogP contribution in [0.25, 0.3) is 0 Å². The van der Waals surface area contributed by atoms with Gasteiger partial charge in [0.05, 0.1) is 0 Å². The van der Waals surface area contributed by atoms with Crippen molar-refractivity contribution in [3.63, 3.8) is 0 Å². The van der Waals surface area contributed by atoms with E-state index in [2.05, 4.69) is 12.6 Å². The summed E-state index contributed by atoms with van der Waals surface area (Å²) in [5.74, 6) is 0. The first-order valence-electron chi connectivity index (χ1n) is 7.46. The zero-order valence-corrected chi connectivity index (χ0v) is 14.7. The fraction of sp³-hybridized carbons (Fsp3) is 0.0526. The van der Waals surface area contributed by atoms with Gasteiger partial charge in [0.25, 0.3) is 8.53 Å². The molecule has 3 rings (SSSR count). The van der Waals surface area contributed by atoms with Crippen LogP contribution in [0, 0.1) is 0 Å². The Kier molecular flexibility index (Phi) is 5.34. The maximum absolute atomic E-state index is 9.93. The van der Waals surface area contributed by atoms with Crippen LogP contribution in [-0.2, 0) is 10.1 Å². The predicted octanol–water partition coefficient (Wildman–Crippen LogP) is 4.46. The van der Waals surface area contributed by atoms with Crippen molar-refractivity contribution in [2.75, 3.05) is 0 Å². The minimum Gasteiger partial charge on any atom is -0.338 e. The standard InChI is InChI=1S/C19H18NO2PS/c20-23(21)22-19(15-7-3-1-4-8-15,16-9-5-2-6-10-16)17-11-13-18(24)14-12-17/h1-14,21,24H,20H2. The van der Waals surface area contributed by atoms with Crippen LogP contribution in [0.15, 0.2) is 89.8 Å². The number of hydrogen-bond acceptors (Lipinski definition) is 4. The number of rotatable bonds is 5. The van der Waals surface area contributed by atoms with Crippen LogP contribution in [0.1, 0.15) is 16.7 Å². The summed E-state index contributed by atoms with van der Waals surface area (Å²) >= 11 is 4.36. The van der Waals surface area contributed by atoms with Crippen LogP contribution in [0.4, 0.5) is 0 Å². The normalized spacial score (nSPS) is 12.8. The molecule has 122 valence electrons. The van der Waals surface area contributed by atoms with Gasteiger partial charge in [-0.3, -0.25) is 5.50 Å². The van der Waals surface area contributed by atoms with E-state index >= 15 is 0 Å². The summed E-state index contributed by atoms with van der Waals surface area (Å²) in [6.45, 7) is 0. The Labute approximate surface area is 148 Å². The fourth-order valence-corrected chi connectivity index (χ4v) is 3.59. The van der Waals surface area contributed by atoms with Gasteiger partial charge in [0.15, 0.2) is 5.60 Å². The third-order valence-corrected chi connectivity index (χ3v) is 4.62. The first kappa shape index (κ1) is 17.2. The van der Waals surface area contributed by atoms with E-state index in [1.165, 1.54) is 0 Å². The van der Waals surface area contributed by atoms with Gasteiger partial charge in [0.2, 0.25) is 0 Å². The highest BCUT2D eigenvalue weighted by molar-refractivity contribution is 7.80. The van der Waals surface area contributed by atoms with Gasteiger partial charge in [0, 0.05) is 4.90 Å². The van der Waals surface area contributed by atoms with E-state index in [0.717, 1.165) is 21.6 Å². The van der Waals surface area contributed by atoms with Crippen molar-refractivity contribution >= 4 is 21.2 Å². The minimum atomic E-state index is -2.09. The summed E-state index contributed by atoms with van der Waals surface area (Å²) < 4.78 is 6.01. The van der Waals surface area contributed by atoms with Gasteiger partial charge >= 0.3 is 0 Å². The molecule has 3 nitrogen and oxygen atoms in total. The lowest BCUT2D eigenvalue weighted by atomic mass is 9.80. The quantitative estimate of drug-likeness (QED) is 0.360. The van der Waals surface area contributed by atoms with Crippen molar-refractivity contribution in [2.24, 2.45) is 5.50 Å². The Morgan fingerprint density at radius 1 is 0.750 bits per heavy atom. The molecule has 0 radical (unpaired) electrons. The van der Waals surface area contributed by atoms with Gasteiger partial charge in [-0.25, -0.2) is 0 Å². The Hall–Kier alpha value is -1.68. The zero-order valence-electron chi connectivity index (χ0n) is 12.9. The molecule has 3 aromatic rings. The molecule has 3 N–H and O–H groups in total. The Balaban J connectivity index is 2.30. The summed E-state index contributed by atoms with van der Waals surface area (Å²) in [5.41, 5.74) is 7.39. The number of nitrogens with two attached hydrogens (primary N) is 1. The van der Waals surface area contributed by atoms with Crippen molar-refractivity contribution in [2.45, 2.75) is 10.5 Å². The molecule has 1 atom stereocenters. The van der Waals surface area contributed by atoms with Gasteiger partial charge in [-0.2, -0.15) is 0 Å². The SMILES string of the molecule is NP(O)OC(c1ccccc1)(c1ccccc1)c1ccc(S)cc1. The first-order valence-corrected chi connectivity index (χ1v) is 9.19. The maximum atomic E-state index is 9.93. The molecular formula is C19H18NO2PS. The molecule has 0 spiro atoms. The van der Waals surface area contributed by atoms with Gasteiger partial charge in [-0.05, 0) is 28.8 Å². The number of thiol groups is 1. The van der Waals surface area contributed by atoms with E-state index in [4.69, 9.17) is 10.0 Å². The van der Waals surface area contributed by atoms with Crippen molar-refractivity contribution in [1.29, 1.82) is 0 Å². The molecule has 0 saturated carbocycles. The first-order chi connectivity index (χ1) is 11.6. The van der Waals surface area contributed by atoms with E-state index < -0.39 is 14.1 Å². The Morgan fingerprint density at radius 2 is 1.17 bits per heavy atom. The van der Waals surface area contributed by atoms with Crippen molar-refractivity contribution in [3.05, 3.63) is 102 Å². The van der Waals surface area contributed by atoms with E-state index in [1.54, 1.807) is 0 Å².